The third-order valence-electron chi connectivity index (χ3n) is 3.94. The monoisotopic (exact) mass is 298 g/mol. The van der Waals surface area contributed by atoms with Gasteiger partial charge in [-0.25, -0.2) is 0 Å². The molecule has 1 aliphatic rings. The maximum atomic E-state index is 9.76. The number of ether oxygens (including phenoxy) is 1. The van der Waals surface area contributed by atoms with E-state index in [0.717, 1.165) is 29.8 Å². The van der Waals surface area contributed by atoms with E-state index in [-0.39, 0.29) is 0 Å². The van der Waals surface area contributed by atoms with E-state index in [4.69, 9.17) is 16.3 Å². The van der Waals surface area contributed by atoms with Crippen LogP contribution in [0.15, 0.2) is 42.5 Å². The molecule has 3 rings (SSSR count). The predicted molar refractivity (Wildman–Crippen MR) is 83.7 cm³/mol. The number of nitrogens with zero attached hydrogens (tertiary/aromatic N) is 1. The van der Waals surface area contributed by atoms with Crippen molar-refractivity contribution < 1.29 is 4.74 Å². The maximum Gasteiger partial charge on any atom is 0.151 e. The molecule has 1 aliphatic carbocycles. The topological polar surface area (TPSA) is 45.0 Å². The van der Waals surface area contributed by atoms with Gasteiger partial charge in [-0.05, 0) is 60.4 Å². The van der Waals surface area contributed by atoms with Gasteiger partial charge in [-0.3, -0.25) is 0 Å². The molecular formula is C17H15ClN2O. The van der Waals surface area contributed by atoms with Crippen molar-refractivity contribution in [3.63, 3.8) is 0 Å². The van der Waals surface area contributed by atoms with Crippen LogP contribution in [-0.4, -0.2) is 7.11 Å². The summed E-state index contributed by atoms with van der Waals surface area (Å²) in [6.07, 6.45) is 1.63. The molecule has 2 aromatic rings. The normalized spacial score (nSPS) is 19.7. The van der Waals surface area contributed by atoms with Crippen LogP contribution in [0.4, 0.5) is 5.69 Å². The van der Waals surface area contributed by atoms with E-state index in [1.807, 2.05) is 42.5 Å². The van der Waals surface area contributed by atoms with E-state index in [2.05, 4.69) is 11.4 Å². The Hall–Kier alpha value is -2.18. The lowest BCUT2D eigenvalue weighted by atomic mass is 9.93. The van der Waals surface area contributed by atoms with Crippen LogP contribution in [0.3, 0.4) is 0 Å². The largest absolute Gasteiger partial charge is 0.497 e. The molecule has 4 heteroatoms. The smallest absolute Gasteiger partial charge is 0.151 e. The number of rotatable bonds is 3. The van der Waals surface area contributed by atoms with Crippen LogP contribution in [0.1, 0.15) is 17.5 Å². The minimum atomic E-state index is -0.711. The first-order valence-corrected chi connectivity index (χ1v) is 7.17. The Kier molecular flexibility index (Phi) is 3.48. The SMILES string of the molecule is COc1ccc2c(c1)C(C#N)(Nc1ccc(Cl)cc1)CC2. The number of fused-ring (bicyclic) bond motifs is 1. The third kappa shape index (κ3) is 2.43. The summed E-state index contributed by atoms with van der Waals surface area (Å²) in [5.74, 6) is 0.771. The molecule has 1 atom stereocenters. The van der Waals surface area contributed by atoms with E-state index in [9.17, 15) is 5.26 Å². The van der Waals surface area contributed by atoms with Crippen molar-refractivity contribution >= 4 is 17.3 Å². The van der Waals surface area contributed by atoms with Gasteiger partial charge < -0.3 is 10.1 Å². The third-order valence-corrected chi connectivity index (χ3v) is 4.19. The van der Waals surface area contributed by atoms with Crippen molar-refractivity contribution in [2.24, 2.45) is 0 Å². The average Bonchev–Trinajstić information content (AvgIpc) is 2.88. The highest BCUT2D eigenvalue weighted by atomic mass is 35.5. The molecule has 1 unspecified atom stereocenters. The highest BCUT2D eigenvalue weighted by Gasteiger charge is 2.39. The Labute approximate surface area is 129 Å². The first-order valence-electron chi connectivity index (χ1n) is 6.79. The Morgan fingerprint density at radius 2 is 2.00 bits per heavy atom. The van der Waals surface area contributed by atoms with Gasteiger partial charge in [-0.15, -0.1) is 0 Å². The Bertz CT molecular complexity index is 706. The van der Waals surface area contributed by atoms with Crippen molar-refractivity contribution in [3.05, 3.63) is 58.6 Å². The molecule has 106 valence electrons. The van der Waals surface area contributed by atoms with E-state index < -0.39 is 5.54 Å². The first-order chi connectivity index (χ1) is 10.2. The molecular weight excluding hydrogens is 284 g/mol. The summed E-state index contributed by atoms with van der Waals surface area (Å²) in [6.45, 7) is 0. The second-order valence-corrected chi connectivity index (χ2v) is 5.61. The van der Waals surface area contributed by atoms with Crippen molar-refractivity contribution in [2.45, 2.75) is 18.4 Å². The molecule has 0 saturated carbocycles. The number of nitriles is 1. The molecule has 0 fully saturated rings. The van der Waals surface area contributed by atoms with E-state index >= 15 is 0 Å². The number of aryl methyl sites for hydroxylation is 1. The summed E-state index contributed by atoms with van der Waals surface area (Å²) in [6, 6.07) is 15.8. The standard InChI is InChI=1S/C17H15ClN2O/c1-21-15-7-2-12-8-9-17(11-19,16(12)10-15)20-14-5-3-13(18)4-6-14/h2-7,10,20H,8-9H2,1H3. The van der Waals surface area contributed by atoms with Gasteiger partial charge in [0.2, 0.25) is 0 Å². The Morgan fingerprint density at radius 1 is 1.24 bits per heavy atom. The van der Waals surface area contributed by atoms with Gasteiger partial charge in [0.1, 0.15) is 5.75 Å². The van der Waals surface area contributed by atoms with Crippen LogP contribution in [0, 0.1) is 11.3 Å². The minimum absolute atomic E-state index is 0.681. The van der Waals surface area contributed by atoms with E-state index in [0.29, 0.717) is 5.02 Å². The second-order valence-electron chi connectivity index (χ2n) is 5.17. The quantitative estimate of drug-likeness (QED) is 0.927. The summed E-state index contributed by atoms with van der Waals surface area (Å²) in [5, 5.41) is 13.8. The fraction of sp³-hybridized carbons (Fsp3) is 0.235. The molecule has 21 heavy (non-hydrogen) atoms. The Balaban J connectivity index is 2.00. The molecule has 0 aromatic heterocycles. The molecule has 0 amide bonds. The number of benzene rings is 2. The molecule has 3 nitrogen and oxygen atoms in total. The molecule has 0 bridgehead atoms. The van der Waals surface area contributed by atoms with Crippen molar-refractivity contribution in [3.8, 4) is 11.8 Å². The average molecular weight is 299 g/mol. The lowest BCUT2D eigenvalue weighted by molar-refractivity contribution is 0.413. The van der Waals surface area contributed by atoms with Crippen LogP contribution in [0.25, 0.3) is 0 Å². The van der Waals surface area contributed by atoms with Crippen LogP contribution >= 0.6 is 11.6 Å². The number of anilines is 1. The molecule has 0 saturated heterocycles. The fourth-order valence-corrected chi connectivity index (χ4v) is 2.93. The van der Waals surface area contributed by atoms with Crippen LogP contribution in [0.2, 0.25) is 5.02 Å². The summed E-state index contributed by atoms with van der Waals surface area (Å²) >= 11 is 5.91. The molecule has 0 heterocycles. The first kappa shape index (κ1) is 13.8. The summed E-state index contributed by atoms with van der Waals surface area (Å²) in [4.78, 5) is 0. The van der Waals surface area contributed by atoms with Crippen molar-refractivity contribution in [1.82, 2.24) is 0 Å². The number of halogens is 1. The molecule has 0 spiro atoms. The lowest BCUT2D eigenvalue weighted by Gasteiger charge is -2.25. The Morgan fingerprint density at radius 3 is 2.67 bits per heavy atom. The number of hydrogen-bond acceptors (Lipinski definition) is 3. The molecule has 0 radical (unpaired) electrons. The van der Waals surface area contributed by atoms with Crippen LogP contribution in [-0.2, 0) is 12.0 Å². The van der Waals surface area contributed by atoms with Crippen molar-refractivity contribution in [1.29, 1.82) is 5.26 Å². The van der Waals surface area contributed by atoms with Crippen LogP contribution < -0.4 is 10.1 Å². The summed E-state index contributed by atoms with van der Waals surface area (Å²) in [7, 11) is 1.64. The number of methoxy groups -OCH3 is 1. The minimum Gasteiger partial charge on any atom is -0.497 e. The van der Waals surface area contributed by atoms with Gasteiger partial charge in [-0.2, -0.15) is 5.26 Å². The van der Waals surface area contributed by atoms with Gasteiger partial charge in [0.25, 0.3) is 0 Å². The van der Waals surface area contributed by atoms with E-state index in [1.165, 1.54) is 5.56 Å². The van der Waals surface area contributed by atoms with Gasteiger partial charge in [0.05, 0.1) is 13.2 Å². The highest BCUT2D eigenvalue weighted by Crippen LogP contribution is 2.41. The molecule has 1 N–H and O–H groups in total. The van der Waals surface area contributed by atoms with Crippen LogP contribution in [0.5, 0.6) is 5.75 Å². The summed E-state index contributed by atoms with van der Waals surface area (Å²) < 4.78 is 5.29. The van der Waals surface area contributed by atoms with E-state index in [1.54, 1.807) is 7.11 Å². The zero-order valence-corrected chi connectivity index (χ0v) is 12.4. The van der Waals surface area contributed by atoms with Gasteiger partial charge in [0.15, 0.2) is 5.54 Å². The zero-order valence-electron chi connectivity index (χ0n) is 11.7. The highest BCUT2D eigenvalue weighted by molar-refractivity contribution is 6.30. The van der Waals surface area contributed by atoms with Gasteiger partial charge in [0, 0.05) is 10.7 Å². The van der Waals surface area contributed by atoms with Crippen molar-refractivity contribution in [2.75, 3.05) is 12.4 Å². The summed E-state index contributed by atoms with van der Waals surface area (Å²) in [5.41, 5.74) is 2.37. The second kappa shape index (κ2) is 5.31. The van der Waals surface area contributed by atoms with Gasteiger partial charge >= 0.3 is 0 Å². The van der Waals surface area contributed by atoms with Gasteiger partial charge in [-0.1, -0.05) is 17.7 Å². The maximum absolute atomic E-state index is 9.76. The molecule has 0 aliphatic heterocycles. The zero-order chi connectivity index (χ0) is 14.9. The predicted octanol–water partition coefficient (Wildman–Crippen LogP) is 4.13. The number of hydrogen-bond donors (Lipinski definition) is 1. The number of nitrogens with one attached hydrogen (secondary N) is 1. The lowest BCUT2D eigenvalue weighted by Crippen LogP contribution is -2.31. The fourth-order valence-electron chi connectivity index (χ4n) is 2.81. The molecule has 2 aromatic carbocycles.